The highest BCUT2D eigenvalue weighted by molar-refractivity contribution is 7.93. The van der Waals surface area contributed by atoms with Gasteiger partial charge in [-0.05, 0) is 51.5 Å². The average Bonchev–Trinajstić information content (AvgIpc) is 2.62. The summed E-state index contributed by atoms with van der Waals surface area (Å²) in [5.74, 6) is -0.883. The van der Waals surface area contributed by atoms with Crippen LogP contribution >= 0.6 is 0 Å². The maximum absolute atomic E-state index is 13.1. The number of carbonyl (C=O) groups is 2. The zero-order valence-electron chi connectivity index (χ0n) is 18.7. The molecule has 30 heavy (non-hydrogen) atoms. The predicted molar refractivity (Wildman–Crippen MR) is 115 cm³/mol. The quantitative estimate of drug-likeness (QED) is 0.362. The average molecular weight is 437 g/mol. The SMILES string of the molecule is CCON=C(CC)C1C(=O)CC2(CC1=O)CC1CC(C)=C(S(=O)(=O)N(C)C)C(C)=C12. The summed E-state index contributed by atoms with van der Waals surface area (Å²) < 4.78 is 27.1. The smallest absolute Gasteiger partial charge is 0.242 e. The first-order chi connectivity index (χ1) is 14.0. The van der Waals surface area contributed by atoms with Crippen molar-refractivity contribution in [3.05, 3.63) is 21.6 Å². The molecule has 7 nitrogen and oxygen atoms in total. The Bertz CT molecular complexity index is 953. The number of rotatable bonds is 6. The van der Waals surface area contributed by atoms with Gasteiger partial charge in [0.25, 0.3) is 0 Å². The molecule has 3 rings (SSSR count). The lowest BCUT2D eigenvalue weighted by Gasteiger charge is -2.55. The number of oxime groups is 1. The molecule has 0 amide bonds. The van der Waals surface area contributed by atoms with Crippen LogP contribution in [0.15, 0.2) is 26.8 Å². The van der Waals surface area contributed by atoms with Gasteiger partial charge in [-0.1, -0.05) is 23.2 Å². The van der Waals surface area contributed by atoms with Crippen molar-refractivity contribution in [2.45, 2.75) is 59.8 Å². The van der Waals surface area contributed by atoms with E-state index in [1.54, 1.807) is 6.92 Å². The Hall–Kier alpha value is -1.80. The third kappa shape index (κ3) is 3.47. The van der Waals surface area contributed by atoms with Crippen molar-refractivity contribution in [1.29, 1.82) is 0 Å². The highest BCUT2D eigenvalue weighted by atomic mass is 32.2. The standard InChI is InChI=1S/C22H32N2O5S/c1-7-16(23-29-8-2)19-17(25)11-22(12-18(19)26)10-15-9-13(3)21(14(4)20(15)22)30(27,28)24(5)6/h15,19H,7-12H2,1-6H3. The van der Waals surface area contributed by atoms with Crippen molar-refractivity contribution >= 4 is 27.3 Å². The normalized spacial score (nSPS) is 30.2. The summed E-state index contributed by atoms with van der Waals surface area (Å²) in [6.45, 7) is 7.75. The molecule has 0 aromatic rings. The summed E-state index contributed by atoms with van der Waals surface area (Å²) in [6, 6.07) is 0. The lowest BCUT2D eigenvalue weighted by atomic mass is 9.48. The van der Waals surface area contributed by atoms with Gasteiger partial charge in [-0.25, -0.2) is 12.7 Å². The third-order valence-electron chi connectivity index (χ3n) is 6.72. The van der Waals surface area contributed by atoms with Gasteiger partial charge < -0.3 is 4.84 Å². The molecule has 0 aromatic carbocycles. The highest BCUT2D eigenvalue weighted by Gasteiger charge is 2.58. The molecule has 0 bridgehead atoms. The molecule has 2 fully saturated rings. The summed E-state index contributed by atoms with van der Waals surface area (Å²) in [5, 5.41) is 4.02. The Morgan fingerprint density at radius 2 is 1.77 bits per heavy atom. The van der Waals surface area contributed by atoms with E-state index in [1.807, 2.05) is 20.8 Å². The molecular formula is C22H32N2O5S. The minimum atomic E-state index is -3.59. The Balaban J connectivity index is 1.98. The topological polar surface area (TPSA) is 93.1 Å². The van der Waals surface area contributed by atoms with Crippen LogP contribution in [-0.2, 0) is 24.4 Å². The molecule has 0 heterocycles. The summed E-state index contributed by atoms with van der Waals surface area (Å²) in [5.41, 5.74) is 2.51. The lowest BCUT2D eigenvalue weighted by molar-refractivity contribution is -0.138. The molecule has 3 aliphatic rings. The Kier molecular flexibility index (Phi) is 6.13. The fourth-order valence-electron chi connectivity index (χ4n) is 5.65. The van der Waals surface area contributed by atoms with E-state index in [-0.39, 0.29) is 30.3 Å². The first-order valence-electron chi connectivity index (χ1n) is 10.6. The molecule has 2 saturated carbocycles. The molecule has 8 heteroatoms. The molecule has 166 valence electrons. The molecule has 1 atom stereocenters. The number of carbonyl (C=O) groups excluding carboxylic acids is 2. The highest BCUT2D eigenvalue weighted by Crippen LogP contribution is 2.63. The second-order valence-corrected chi connectivity index (χ2v) is 11.0. The van der Waals surface area contributed by atoms with E-state index in [2.05, 4.69) is 5.16 Å². The minimum Gasteiger partial charge on any atom is -0.396 e. The van der Waals surface area contributed by atoms with E-state index in [0.29, 0.717) is 30.1 Å². The molecule has 0 aromatic heterocycles. The van der Waals surface area contributed by atoms with Crippen molar-refractivity contribution in [2.75, 3.05) is 20.7 Å². The van der Waals surface area contributed by atoms with E-state index >= 15 is 0 Å². The van der Waals surface area contributed by atoms with Crippen molar-refractivity contribution in [1.82, 2.24) is 4.31 Å². The van der Waals surface area contributed by atoms with Gasteiger partial charge >= 0.3 is 0 Å². The van der Waals surface area contributed by atoms with Crippen LogP contribution in [0.3, 0.4) is 0 Å². The number of allylic oxidation sites excluding steroid dienone is 3. The molecule has 3 aliphatic carbocycles. The summed E-state index contributed by atoms with van der Waals surface area (Å²) in [4.78, 5) is 31.6. The van der Waals surface area contributed by atoms with Gasteiger partial charge in [0.15, 0.2) is 0 Å². The third-order valence-corrected chi connectivity index (χ3v) is 8.85. The Morgan fingerprint density at radius 1 is 1.17 bits per heavy atom. The number of hydrogen-bond acceptors (Lipinski definition) is 6. The molecule has 0 radical (unpaired) electrons. The predicted octanol–water partition coefficient (Wildman–Crippen LogP) is 3.23. The summed E-state index contributed by atoms with van der Waals surface area (Å²) >= 11 is 0. The van der Waals surface area contributed by atoms with Crippen molar-refractivity contribution < 1.29 is 22.8 Å². The van der Waals surface area contributed by atoms with Crippen LogP contribution in [0.4, 0.5) is 0 Å². The first kappa shape index (κ1) is 22.9. The number of nitrogens with zero attached hydrogens (tertiary/aromatic N) is 2. The van der Waals surface area contributed by atoms with Crippen LogP contribution in [0.1, 0.15) is 59.8 Å². The monoisotopic (exact) mass is 436 g/mol. The molecule has 1 spiro atoms. The largest absolute Gasteiger partial charge is 0.396 e. The summed E-state index contributed by atoms with van der Waals surface area (Å²) in [7, 11) is -0.540. The minimum absolute atomic E-state index is 0.131. The number of hydrogen-bond donors (Lipinski definition) is 0. The lowest BCUT2D eigenvalue weighted by Crippen LogP contribution is -2.53. The van der Waals surface area contributed by atoms with Gasteiger partial charge in [0.05, 0.1) is 10.6 Å². The fraction of sp³-hybridized carbons (Fsp3) is 0.682. The number of Topliss-reactive ketones (excluding diaryl/α,β-unsaturated/α-hetero) is 2. The molecule has 0 aliphatic heterocycles. The van der Waals surface area contributed by atoms with Crippen LogP contribution in [0, 0.1) is 17.3 Å². The maximum Gasteiger partial charge on any atom is 0.242 e. The second-order valence-electron chi connectivity index (χ2n) is 8.89. The van der Waals surface area contributed by atoms with Crippen LogP contribution < -0.4 is 0 Å². The number of fused-ring (bicyclic) bond motifs is 2. The van der Waals surface area contributed by atoms with Crippen molar-refractivity contribution in [3.8, 4) is 0 Å². The zero-order chi connectivity index (χ0) is 22.4. The van der Waals surface area contributed by atoms with Crippen molar-refractivity contribution in [3.63, 3.8) is 0 Å². The van der Waals surface area contributed by atoms with Crippen LogP contribution in [0.5, 0.6) is 0 Å². The second kappa shape index (κ2) is 8.04. The first-order valence-corrected chi connectivity index (χ1v) is 12.0. The van der Waals surface area contributed by atoms with E-state index in [9.17, 15) is 18.0 Å². The molecule has 0 saturated heterocycles. The number of sulfonamides is 1. The number of ketones is 2. The molecule has 1 unspecified atom stereocenters. The Labute approximate surface area is 179 Å². The van der Waals surface area contributed by atoms with Crippen LogP contribution in [-0.4, -0.2) is 50.7 Å². The van der Waals surface area contributed by atoms with Crippen LogP contribution in [0.25, 0.3) is 0 Å². The van der Waals surface area contributed by atoms with Gasteiger partial charge in [-0.15, -0.1) is 0 Å². The molecular weight excluding hydrogens is 404 g/mol. The van der Waals surface area contributed by atoms with Gasteiger partial charge in [-0.3, -0.25) is 9.59 Å². The van der Waals surface area contributed by atoms with E-state index < -0.39 is 21.4 Å². The molecule has 0 N–H and O–H groups in total. The Morgan fingerprint density at radius 3 is 2.27 bits per heavy atom. The van der Waals surface area contributed by atoms with Crippen LogP contribution in [0.2, 0.25) is 0 Å². The summed E-state index contributed by atoms with van der Waals surface area (Å²) in [6.07, 6.45) is 2.40. The van der Waals surface area contributed by atoms with Gasteiger partial charge in [0.2, 0.25) is 10.0 Å². The van der Waals surface area contributed by atoms with E-state index in [4.69, 9.17) is 4.84 Å². The van der Waals surface area contributed by atoms with E-state index in [0.717, 1.165) is 23.1 Å². The van der Waals surface area contributed by atoms with Gasteiger partial charge in [-0.2, -0.15) is 0 Å². The maximum atomic E-state index is 13.1. The fourth-order valence-corrected chi connectivity index (χ4v) is 7.04. The zero-order valence-corrected chi connectivity index (χ0v) is 19.6. The van der Waals surface area contributed by atoms with Gasteiger partial charge in [0, 0.05) is 32.4 Å². The van der Waals surface area contributed by atoms with Crippen molar-refractivity contribution in [2.24, 2.45) is 22.4 Å². The van der Waals surface area contributed by atoms with Gasteiger partial charge in [0.1, 0.15) is 24.1 Å². The van der Waals surface area contributed by atoms with E-state index in [1.165, 1.54) is 18.4 Å².